The number of nitrogens with zero attached hydrogens (tertiary/aromatic N) is 1. The minimum Gasteiger partial charge on any atom is -0.340 e. The summed E-state index contributed by atoms with van der Waals surface area (Å²) < 4.78 is 39.2. The van der Waals surface area contributed by atoms with Crippen molar-refractivity contribution in [2.24, 2.45) is 0 Å². The predicted molar refractivity (Wildman–Crippen MR) is 81.2 cm³/mol. The molecule has 0 bridgehead atoms. The Bertz CT molecular complexity index is 616. The average Bonchev–Trinajstić information content (AvgIpc) is 2.48. The highest BCUT2D eigenvalue weighted by molar-refractivity contribution is 7.89. The molecule has 22 heavy (non-hydrogen) atoms. The molecule has 0 spiro atoms. The van der Waals surface area contributed by atoms with Crippen LogP contribution < -0.4 is 4.72 Å². The molecule has 0 aliphatic carbocycles. The highest BCUT2D eigenvalue weighted by Crippen LogP contribution is 2.17. The van der Waals surface area contributed by atoms with Crippen molar-refractivity contribution in [2.45, 2.75) is 43.5 Å². The minimum atomic E-state index is -3.70. The van der Waals surface area contributed by atoms with Crippen LogP contribution in [0.2, 0.25) is 0 Å². The largest absolute Gasteiger partial charge is 0.340 e. The van der Waals surface area contributed by atoms with Gasteiger partial charge in [0.15, 0.2) is 0 Å². The monoisotopic (exact) mass is 328 g/mol. The van der Waals surface area contributed by atoms with Gasteiger partial charge in [-0.25, -0.2) is 17.5 Å². The van der Waals surface area contributed by atoms with Gasteiger partial charge in [0.1, 0.15) is 5.82 Å². The first-order valence-corrected chi connectivity index (χ1v) is 8.93. The van der Waals surface area contributed by atoms with E-state index in [2.05, 4.69) is 4.72 Å². The van der Waals surface area contributed by atoms with E-state index in [0.29, 0.717) is 0 Å². The summed E-state index contributed by atoms with van der Waals surface area (Å²) >= 11 is 0. The van der Waals surface area contributed by atoms with Crippen LogP contribution in [0.1, 0.15) is 32.6 Å². The van der Waals surface area contributed by atoms with Crippen LogP contribution in [0.15, 0.2) is 29.2 Å². The summed E-state index contributed by atoms with van der Waals surface area (Å²) in [6, 6.07) is 4.80. The Labute approximate surface area is 130 Å². The molecular weight excluding hydrogens is 307 g/mol. The molecule has 1 amide bonds. The first-order valence-electron chi connectivity index (χ1n) is 7.45. The molecule has 1 N–H and O–H groups in total. The number of carbonyl (C=O) groups excluding carboxylic acids is 1. The Morgan fingerprint density at radius 3 is 2.64 bits per heavy atom. The van der Waals surface area contributed by atoms with Crippen molar-refractivity contribution >= 4 is 15.9 Å². The summed E-state index contributed by atoms with van der Waals surface area (Å²) in [5, 5.41) is 0. The second-order valence-electron chi connectivity index (χ2n) is 5.53. The number of nitrogens with one attached hydrogen (secondary N) is 1. The molecule has 0 saturated carbocycles. The molecule has 1 saturated heterocycles. The van der Waals surface area contributed by atoms with Crippen LogP contribution in [0.4, 0.5) is 4.39 Å². The van der Waals surface area contributed by atoms with E-state index in [-0.39, 0.29) is 29.8 Å². The zero-order valence-electron chi connectivity index (χ0n) is 12.6. The van der Waals surface area contributed by atoms with E-state index in [9.17, 15) is 17.6 Å². The molecule has 5 nitrogen and oxygen atoms in total. The molecule has 2 rings (SSSR count). The zero-order valence-corrected chi connectivity index (χ0v) is 13.4. The quantitative estimate of drug-likeness (QED) is 0.898. The summed E-state index contributed by atoms with van der Waals surface area (Å²) in [6.07, 6.45) is 3.25. The SMILES string of the molecule is C[C@@H]1CCCCN1C(=O)CCNS(=O)(=O)c1ccc(F)cc1. The number of hydrogen-bond donors (Lipinski definition) is 1. The second-order valence-corrected chi connectivity index (χ2v) is 7.30. The normalized spacial score (nSPS) is 19.2. The smallest absolute Gasteiger partial charge is 0.240 e. The van der Waals surface area contributed by atoms with Crippen molar-refractivity contribution in [1.82, 2.24) is 9.62 Å². The van der Waals surface area contributed by atoms with Gasteiger partial charge in [-0.05, 0) is 50.5 Å². The van der Waals surface area contributed by atoms with Gasteiger partial charge in [0.05, 0.1) is 4.90 Å². The number of carbonyl (C=O) groups is 1. The summed E-state index contributed by atoms with van der Waals surface area (Å²) in [5.74, 6) is -0.526. The molecule has 1 aliphatic heterocycles. The van der Waals surface area contributed by atoms with E-state index >= 15 is 0 Å². The van der Waals surface area contributed by atoms with E-state index in [0.717, 1.165) is 37.9 Å². The van der Waals surface area contributed by atoms with E-state index < -0.39 is 15.8 Å². The van der Waals surface area contributed by atoms with Gasteiger partial charge in [0.25, 0.3) is 0 Å². The minimum absolute atomic E-state index is 0.00677. The van der Waals surface area contributed by atoms with Crippen molar-refractivity contribution in [3.05, 3.63) is 30.1 Å². The van der Waals surface area contributed by atoms with Crippen LogP contribution in [0.5, 0.6) is 0 Å². The lowest BCUT2D eigenvalue weighted by Crippen LogP contribution is -2.43. The maximum absolute atomic E-state index is 12.8. The van der Waals surface area contributed by atoms with Crippen molar-refractivity contribution in [2.75, 3.05) is 13.1 Å². The summed E-state index contributed by atoms with van der Waals surface area (Å²) in [5.41, 5.74) is 0. The third-order valence-electron chi connectivity index (χ3n) is 3.88. The fourth-order valence-corrected chi connectivity index (χ4v) is 3.63. The van der Waals surface area contributed by atoms with Gasteiger partial charge in [0.2, 0.25) is 15.9 Å². The Morgan fingerprint density at radius 2 is 2.00 bits per heavy atom. The zero-order chi connectivity index (χ0) is 16.2. The molecule has 1 aromatic carbocycles. The molecule has 0 unspecified atom stereocenters. The molecular formula is C15H21FN2O3S. The molecule has 1 aromatic rings. The van der Waals surface area contributed by atoms with Gasteiger partial charge in [-0.2, -0.15) is 0 Å². The highest BCUT2D eigenvalue weighted by Gasteiger charge is 2.23. The van der Waals surface area contributed by atoms with Crippen LogP contribution in [-0.4, -0.2) is 38.4 Å². The lowest BCUT2D eigenvalue weighted by atomic mass is 10.0. The van der Waals surface area contributed by atoms with Crippen molar-refractivity contribution in [1.29, 1.82) is 0 Å². The standard InChI is InChI=1S/C15H21FN2O3S/c1-12-4-2-3-11-18(12)15(19)9-10-17-22(20,21)14-7-5-13(16)6-8-14/h5-8,12,17H,2-4,9-11H2,1H3/t12-/m1/s1. The summed E-state index contributed by atoms with van der Waals surface area (Å²) in [4.78, 5) is 13.9. The average molecular weight is 328 g/mol. The van der Waals surface area contributed by atoms with E-state index in [1.165, 1.54) is 12.1 Å². The number of likely N-dealkylation sites (tertiary alicyclic amines) is 1. The van der Waals surface area contributed by atoms with Crippen LogP contribution in [-0.2, 0) is 14.8 Å². The lowest BCUT2D eigenvalue weighted by molar-refractivity contribution is -0.134. The van der Waals surface area contributed by atoms with Crippen LogP contribution in [0.3, 0.4) is 0 Å². The third kappa shape index (κ3) is 4.27. The molecule has 0 aromatic heterocycles. The fourth-order valence-electron chi connectivity index (χ4n) is 2.60. The summed E-state index contributed by atoms with van der Waals surface area (Å²) in [6.45, 7) is 2.80. The molecule has 1 aliphatic rings. The molecule has 1 fully saturated rings. The first kappa shape index (κ1) is 16.9. The Morgan fingerprint density at radius 1 is 1.32 bits per heavy atom. The summed E-state index contributed by atoms with van der Waals surface area (Å²) in [7, 11) is -3.70. The molecule has 0 radical (unpaired) electrons. The fraction of sp³-hybridized carbons (Fsp3) is 0.533. The second kappa shape index (κ2) is 7.19. The van der Waals surface area contributed by atoms with Crippen LogP contribution >= 0.6 is 0 Å². The van der Waals surface area contributed by atoms with Crippen molar-refractivity contribution in [3.63, 3.8) is 0 Å². The molecule has 122 valence electrons. The Kier molecular flexibility index (Phi) is 5.52. The molecule has 7 heteroatoms. The van der Waals surface area contributed by atoms with Gasteiger partial charge in [-0.1, -0.05) is 0 Å². The number of hydrogen-bond acceptors (Lipinski definition) is 3. The number of amides is 1. The van der Waals surface area contributed by atoms with Crippen molar-refractivity contribution < 1.29 is 17.6 Å². The van der Waals surface area contributed by atoms with Crippen molar-refractivity contribution in [3.8, 4) is 0 Å². The van der Waals surface area contributed by atoms with Crippen LogP contribution in [0.25, 0.3) is 0 Å². The van der Waals surface area contributed by atoms with Gasteiger partial charge >= 0.3 is 0 Å². The maximum atomic E-state index is 12.8. The Balaban J connectivity index is 1.87. The number of piperidine rings is 1. The van der Waals surface area contributed by atoms with Gasteiger partial charge < -0.3 is 4.90 Å². The lowest BCUT2D eigenvalue weighted by Gasteiger charge is -2.33. The first-order chi connectivity index (χ1) is 10.4. The molecule has 1 atom stereocenters. The van der Waals surface area contributed by atoms with E-state index in [1.54, 1.807) is 0 Å². The van der Waals surface area contributed by atoms with Crippen LogP contribution in [0, 0.1) is 5.82 Å². The Hall–Kier alpha value is -1.47. The number of halogens is 1. The van der Waals surface area contributed by atoms with Gasteiger partial charge in [-0.3, -0.25) is 4.79 Å². The maximum Gasteiger partial charge on any atom is 0.240 e. The number of sulfonamides is 1. The predicted octanol–water partition coefficient (Wildman–Crippen LogP) is 1.90. The third-order valence-corrected chi connectivity index (χ3v) is 5.36. The van der Waals surface area contributed by atoms with E-state index in [1.807, 2.05) is 11.8 Å². The molecule has 1 heterocycles. The van der Waals surface area contributed by atoms with Gasteiger partial charge in [0, 0.05) is 25.6 Å². The highest BCUT2D eigenvalue weighted by atomic mass is 32.2. The van der Waals surface area contributed by atoms with E-state index in [4.69, 9.17) is 0 Å². The number of rotatable bonds is 5. The topological polar surface area (TPSA) is 66.5 Å². The van der Waals surface area contributed by atoms with Gasteiger partial charge in [-0.15, -0.1) is 0 Å². The number of benzene rings is 1.